The standard InChI is InChI=1S/C13H16FNO5S/c1-8-3-4-9(5-11(8)14)21(18,19)15(2)12-7-20-6-10(12)13(16)17/h3-5,10,12H,6-7H2,1-2H3,(H,16,17). The van der Waals surface area contributed by atoms with Crippen molar-refractivity contribution in [2.45, 2.75) is 17.9 Å². The third-order valence-electron chi connectivity index (χ3n) is 3.66. The van der Waals surface area contributed by atoms with E-state index in [0.29, 0.717) is 5.56 Å². The fraction of sp³-hybridized carbons (Fsp3) is 0.462. The zero-order valence-corrected chi connectivity index (χ0v) is 12.4. The van der Waals surface area contributed by atoms with Crippen molar-refractivity contribution in [3.63, 3.8) is 0 Å². The minimum Gasteiger partial charge on any atom is -0.481 e. The topological polar surface area (TPSA) is 83.9 Å². The SMILES string of the molecule is Cc1ccc(S(=O)(=O)N(C)C2COCC2C(=O)O)cc1F. The number of hydrogen-bond acceptors (Lipinski definition) is 4. The number of benzene rings is 1. The van der Waals surface area contributed by atoms with Crippen molar-refractivity contribution in [1.29, 1.82) is 0 Å². The molecule has 1 aromatic rings. The Bertz CT molecular complexity index is 661. The molecular formula is C13H16FNO5S. The second-order valence-electron chi connectivity index (χ2n) is 4.98. The Labute approximate surface area is 122 Å². The van der Waals surface area contributed by atoms with Crippen molar-refractivity contribution < 1.29 is 27.4 Å². The van der Waals surface area contributed by atoms with Crippen molar-refractivity contribution in [2.75, 3.05) is 20.3 Å². The number of ether oxygens (including phenoxy) is 1. The molecule has 1 fully saturated rings. The molecule has 2 atom stereocenters. The number of aliphatic carboxylic acids is 1. The van der Waals surface area contributed by atoms with E-state index in [1.54, 1.807) is 0 Å². The van der Waals surface area contributed by atoms with E-state index in [9.17, 15) is 17.6 Å². The van der Waals surface area contributed by atoms with Crippen LogP contribution in [0.5, 0.6) is 0 Å². The van der Waals surface area contributed by atoms with E-state index in [-0.39, 0.29) is 18.1 Å². The van der Waals surface area contributed by atoms with Crippen LogP contribution in [0.1, 0.15) is 5.56 Å². The molecule has 6 nitrogen and oxygen atoms in total. The number of hydrogen-bond donors (Lipinski definition) is 1. The molecule has 1 saturated heterocycles. The molecule has 21 heavy (non-hydrogen) atoms. The minimum absolute atomic E-state index is 0.00103. The maximum Gasteiger partial charge on any atom is 0.310 e. The lowest BCUT2D eigenvalue weighted by molar-refractivity contribution is -0.142. The summed E-state index contributed by atoms with van der Waals surface area (Å²) in [5, 5.41) is 9.09. The number of likely N-dealkylation sites (N-methyl/N-ethyl adjacent to an activating group) is 1. The zero-order valence-electron chi connectivity index (χ0n) is 11.6. The van der Waals surface area contributed by atoms with Crippen LogP contribution in [0, 0.1) is 18.7 Å². The lowest BCUT2D eigenvalue weighted by Gasteiger charge is -2.25. The predicted octanol–water partition coefficient (Wildman–Crippen LogP) is 0.854. The van der Waals surface area contributed by atoms with Gasteiger partial charge in [0.2, 0.25) is 10.0 Å². The lowest BCUT2D eigenvalue weighted by atomic mass is 10.1. The number of aryl methyl sites for hydroxylation is 1. The van der Waals surface area contributed by atoms with Gasteiger partial charge in [-0.25, -0.2) is 12.8 Å². The first-order valence-corrected chi connectivity index (χ1v) is 7.74. The molecule has 1 aliphatic rings. The molecule has 0 spiro atoms. The summed E-state index contributed by atoms with van der Waals surface area (Å²) in [6, 6.07) is 2.80. The first-order chi connectivity index (χ1) is 9.75. The van der Waals surface area contributed by atoms with Crippen LogP contribution in [0.4, 0.5) is 4.39 Å². The average Bonchev–Trinajstić information content (AvgIpc) is 2.90. The Morgan fingerprint density at radius 2 is 2.10 bits per heavy atom. The van der Waals surface area contributed by atoms with E-state index < -0.39 is 33.8 Å². The second-order valence-corrected chi connectivity index (χ2v) is 6.98. The maximum atomic E-state index is 13.6. The summed E-state index contributed by atoms with van der Waals surface area (Å²) in [6.45, 7) is 1.49. The van der Waals surface area contributed by atoms with Gasteiger partial charge in [-0.15, -0.1) is 0 Å². The molecule has 0 amide bonds. The van der Waals surface area contributed by atoms with Crippen LogP contribution in [0.2, 0.25) is 0 Å². The smallest absolute Gasteiger partial charge is 0.310 e. The van der Waals surface area contributed by atoms with E-state index in [1.165, 1.54) is 26.1 Å². The van der Waals surface area contributed by atoms with Gasteiger partial charge in [0.25, 0.3) is 0 Å². The minimum atomic E-state index is -3.98. The van der Waals surface area contributed by atoms with Crippen LogP contribution < -0.4 is 0 Å². The summed E-state index contributed by atoms with van der Waals surface area (Å²) in [4.78, 5) is 10.9. The fourth-order valence-electron chi connectivity index (χ4n) is 2.22. The van der Waals surface area contributed by atoms with Crippen LogP contribution in [0.25, 0.3) is 0 Å². The third kappa shape index (κ3) is 2.92. The van der Waals surface area contributed by atoms with Crippen molar-refractivity contribution >= 4 is 16.0 Å². The first kappa shape index (κ1) is 15.9. The molecule has 2 rings (SSSR count). The van der Waals surface area contributed by atoms with Crippen molar-refractivity contribution in [2.24, 2.45) is 5.92 Å². The summed E-state index contributed by atoms with van der Waals surface area (Å²) in [6.07, 6.45) is 0. The molecule has 0 radical (unpaired) electrons. The predicted molar refractivity (Wildman–Crippen MR) is 71.8 cm³/mol. The molecule has 0 aliphatic carbocycles. The molecule has 1 N–H and O–H groups in total. The number of halogens is 1. The number of nitrogens with zero attached hydrogens (tertiary/aromatic N) is 1. The number of carboxylic acids is 1. The van der Waals surface area contributed by atoms with Gasteiger partial charge in [-0.05, 0) is 24.6 Å². The largest absolute Gasteiger partial charge is 0.481 e. The van der Waals surface area contributed by atoms with E-state index >= 15 is 0 Å². The van der Waals surface area contributed by atoms with Crippen molar-refractivity contribution in [3.05, 3.63) is 29.6 Å². The Morgan fingerprint density at radius 3 is 2.67 bits per heavy atom. The molecule has 116 valence electrons. The quantitative estimate of drug-likeness (QED) is 0.890. The molecule has 0 saturated carbocycles. The molecule has 0 aromatic heterocycles. The van der Waals surface area contributed by atoms with Gasteiger partial charge < -0.3 is 9.84 Å². The third-order valence-corrected chi connectivity index (χ3v) is 5.53. The highest BCUT2D eigenvalue weighted by Gasteiger charge is 2.41. The van der Waals surface area contributed by atoms with Gasteiger partial charge >= 0.3 is 5.97 Å². The Balaban J connectivity index is 2.34. The van der Waals surface area contributed by atoms with Crippen LogP contribution >= 0.6 is 0 Å². The monoisotopic (exact) mass is 317 g/mol. The van der Waals surface area contributed by atoms with Crippen LogP contribution in [0.15, 0.2) is 23.1 Å². The summed E-state index contributed by atoms with van der Waals surface area (Å²) in [7, 11) is -2.70. The van der Waals surface area contributed by atoms with E-state index in [0.717, 1.165) is 10.4 Å². The second kappa shape index (κ2) is 5.70. The molecule has 0 bridgehead atoms. The van der Waals surface area contributed by atoms with Crippen molar-refractivity contribution in [3.8, 4) is 0 Å². The highest BCUT2D eigenvalue weighted by Crippen LogP contribution is 2.25. The van der Waals surface area contributed by atoms with Crippen LogP contribution in [-0.4, -0.2) is 50.1 Å². The number of sulfonamides is 1. The number of carbonyl (C=O) groups is 1. The van der Waals surface area contributed by atoms with E-state index in [4.69, 9.17) is 9.84 Å². The van der Waals surface area contributed by atoms with Gasteiger partial charge in [-0.1, -0.05) is 6.07 Å². The highest BCUT2D eigenvalue weighted by molar-refractivity contribution is 7.89. The molecule has 1 aliphatic heterocycles. The zero-order chi connectivity index (χ0) is 15.8. The Kier molecular flexibility index (Phi) is 4.31. The fourth-order valence-corrected chi connectivity index (χ4v) is 3.60. The molecule has 1 heterocycles. The van der Waals surface area contributed by atoms with Gasteiger partial charge in [0.05, 0.1) is 30.1 Å². The molecular weight excluding hydrogens is 301 g/mol. The van der Waals surface area contributed by atoms with Crippen LogP contribution in [0.3, 0.4) is 0 Å². The average molecular weight is 317 g/mol. The van der Waals surface area contributed by atoms with Gasteiger partial charge in [0.15, 0.2) is 0 Å². The van der Waals surface area contributed by atoms with Gasteiger partial charge in [-0.2, -0.15) is 4.31 Å². The van der Waals surface area contributed by atoms with Crippen LogP contribution in [-0.2, 0) is 19.6 Å². The number of rotatable bonds is 4. The first-order valence-electron chi connectivity index (χ1n) is 6.30. The lowest BCUT2D eigenvalue weighted by Crippen LogP contribution is -2.44. The van der Waals surface area contributed by atoms with Gasteiger partial charge in [0.1, 0.15) is 5.82 Å². The van der Waals surface area contributed by atoms with Gasteiger partial charge in [0, 0.05) is 7.05 Å². The van der Waals surface area contributed by atoms with Crippen molar-refractivity contribution in [1.82, 2.24) is 4.31 Å². The Morgan fingerprint density at radius 1 is 1.43 bits per heavy atom. The summed E-state index contributed by atoms with van der Waals surface area (Å²) in [5.74, 6) is -2.67. The van der Waals surface area contributed by atoms with E-state index in [1.807, 2.05) is 0 Å². The Hall–Kier alpha value is -1.51. The maximum absolute atomic E-state index is 13.6. The summed E-state index contributed by atoms with van der Waals surface area (Å²) < 4.78 is 44.5. The molecule has 8 heteroatoms. The molecule has 2 unspecified atom stereocenters. The summed E-state index contributed by atoms with van der Waals surface area (Å²) in [5.41, 5.74) is 0.337. The summed E-state index contributed by atoms with van der Waals surface area (Å²) >= 11 is 0. The number of carboxylic acid groups (broad SMARTS) is 1. The highest BCUT2D eigenvalue weighted by atomic mass is 32.2. The van der Waals surface area contributed by atoms with Gasteiger partial charge in [-0.3, -0.25) is 4.79 Å². The molecule has 1 aromatic carbocycles. The normalized spacial score (nSPS) is 22.7. The van der Waals surface area contributed by atoms with E-state index in [2.05, 4.69) is 0 Å².